The fourth-order valence-electron chi connectivity index (χ4n) is 5.27. The van der Waals surface area contributed by atoms with Crippen LogP contribution in [0.25, 0.3) is 6.08 Å². The van der Waals surface area contributed by atoms with Crippen molar-refractivity contribution in [1.82, 2.24) is 5.32 Å². The third-order valence-electron chi connectivity index (χ3n) is 7.78. The van der Waals surface area contributed by atoms with Crippen LogP contribution in [0.15, 0.2) is 89.5 Å². The summed E-state index contributed by atoms with van der Waals surface area (Å²) in [5.74, 6) is -0.960. The second kappa shape index (κ2) is 16.3. The number of ether oxygens (including phenoxy) is 2. The molecule has 0 aliphatic heterocycles. The van der Waals surface area contributed by atoms with Gasteiger partial charge in [-0.2, -0.15) is 0 Å². The van der Waals surface area contributed by atoms with Gasteiger partial charge in [0.2, 0.25) is 5.91 Å². The zero-order chi connectivity index (χ0) is 34.0. The maximum absolute atomic E-state index is 13.5. The van der Waals surface area contributed by atoms with Crippen molar-refractivity contribution in [2.75, 3.05) is 24.9 Å². The lowest BCUT2D eigenvalue weighted by atomic mass is 10.1. The number of aryl methyl sites for hydroxylation is 1. The predicted molar refractivity (Wildman–Crippen MR) is 191 cm³/mol. The molecule has 1 unspecified atom stereocenters. The number of thiophene rings is 1. The van der Waals surface area contributed by atoms with Crippen LogP contribution < -0.4 is 20.7 Å². The number of thioether (sulfide) groups is 1. The lowest BCUT2D eigenvalue weighted by Crippen LogP contribution is -2.30. The van der Waals surface area contributed by atoms with E-state index in [9.17, 15) is 19.2 Å². The summed E-state index contributed by atoms with van der Waals surface area (Å²) in [6.45, 7) is 1.79. The van der Waals surface area contributed by atoms with Gasteiger partial charge in [0.25, 0.3) is 11.8 Å². The van der Waals surface area contributed by atoms with Gasteiger partial charge in [0.15, 0.2) is 0 Å². The molecule has 3 N–H and O–H groups in total. The Morgan fingerprint density at radius 2 is 1.62 bits per heavy atom. The Balaban J connectivity index is 1.29. The Labute approximate surface area is 288 Å². The Bertz CT molecular complexity index is 1820. The van der Waals surface area contributed by atoms with Gasteiger partial charge in [-0.3, -0.25) is 14.4 Å². The molecule has 1 aliphatic carbocycles. The van der Waals surface area contributed by atoms with E-state index >= 15 is 0 Å². The molecular weight excluding hydrogens is 647 g/mol. The van der Waals surface area contributed by atoms with E-state index in [1.54, 1.807) is 86.8 Å². The molecule has 0 bridgehead atoms. The van der Waals surface area contributed by atoms with Crippen molar-refractivity contribution in [2.45, 2.75) is 49.2 Å². The largest absolute Gasteiger partial charge is 0.497 e. The number of hydrogen-bond donors (Lipinski definition) is 3. The number of rotatable bonds is 11. The third-order valence-corrected chi connectivity index (χ3v) is 10.1. The summed E-state index contributed by atoms with van der Waals surface area (Å²) in [6.07, 6.45) is 6.43. The second-order valence-corrected chi connectivity index (χ2v) is 13.7. The first kappa shape index (κ1) is 34.5. The highest BCUT2D eigenvalue weighted by Crippen LogP contribution is 2.38. The number of amides is 3. The van der Waals surface area contributed by atoms with Gasteiger partial charge in [-0.1, -0.05) is 42.8 Å². The van der Waals surface area contributed by atoms with Gasteiger partial charge < -0.3 is 25.4 Å². The van der Waals surface area contributed by atoms with Gasteiger partial charge >= 0.3 is 5.97 Å². The average molecular weight is 684 g/mol. The van der Waals surface area contributed by atoms with Crippen molar-refractivity contribution in [3.8, 4) is 5.75 Å². The molecule has 0 saturated heterocycles. The Hall–Kier alpha value is -4.87. The molecule has 3 aromatic carbocycles. The highest BCUT2D eigenvalue weighted by Gasteiger charge is 2.27. The van der Waals surface area contributed by atoms with E-state index in [1.165, 1.54) is 30.2 Å². The standard InChI is InChI=1S/C37H37N3O6S2/c1-23(33(41)40-36-32(37(44)46-3)29-15-8-5-9-16-31(29)48-36)47-28-14-10-13-26(22-28)38-35(43)30(21-24-17-19-27(45-2)20-18-24)39-34(42)25-11-6-4-7-12-25/h4,6-7,10-14,17-23H,5,8-9,15-16H2,1-3H3,(H,38,43)(H,39,42)(H,40,41)/b30-21+. The van der Waals surface area contributed by atoms with Crippen LogP contribution in [0, 0.1) is 0 Å². The van der Waals surface area contributed by atoms with Crippen molar-refractivity contribution < 1.29 is 28.7 Å². The number of anilines is 2. The average Bonchev–Trinajstić information content (AvgIpc) is 3.27. The summed E-state index contributed by atoms with van der Waals surface area (Å²) in [5, 5.41) is 8.61. The topological polar surface area (TPSA) is 123 Å². The predicted octanol–water partition coefficient (Wildman–Crippen LogP) is 7.34. The number of methoxy groups -OCH3 is 2. The van der Waals surface area contributed by atoms with Gasteiger partial charge in [0.05, 0.1) is 25.0 Å². The Morgan fingerprint density at radius 1 is 0.875 bits per heavy atom. The number of carbonyl (C=O) groups is 4. The van der Waals surface area contributed by atoms with E-state index in [1.807, 2.05) is 12.1 Å². The van der Waals surface area contributed by atoms with Crippen molar-refractivity contribution in [3.05, 3.63) is 112 Å². The summed E-state index contributed by atoms with van der Waals surface area (Å²) in [5.41, 5.74) is 3.10. The molecule has 4 aromatic rings. The first-order valence-electron chi connectivity index (χ1n) is 15.6. The minimum atomic E-state index is -0.518. The minimum Gasteiger partial charge on any atom is -0.497 e. The Morgan fingerprint density at radius 3 is 2.35 bits per heavy atom. The van der Waals surface area contributed by atoms with E-state index in [0.29, 0.717) is 33.1 Å². The number of benzene rings is 3. The monoisotopic (exact) mass is 683 g/mol. The second-order valence-electron chi connectivity index (χ2n) is 11.1. The van der Waals surface area contributed by atoms with Crippen molar-refractivity contribution in [3.63, 3.8) is 0 Å². The van der Waals surface area contributed by atoms with E-state index < -0.39 is 23.0 Å². The molecule has 0 radical (unpaired) electrons. The summed E-state index contributed by atoms with van der Waals surface area (Å²) < 4.78 is 10.3. The normalized spacial score (nSPS) is 13.4. The quantitative estimate of drug-likeness (QED) is 0.0654. The fraction of sp³-hybridized carbons (Fsp3) is 0.243. The third kappa shape index (κ3) is 8.72. The van der Waals surface area contributed by atoms with Crippen LogP contribution in [0.2, 0.25) is 0 Å². The number of carbonyl (C=O) groups excluding carboxylic acids is 4. The van der Waals surface area contributed by atoms with E-state index in [-0.39, 0.29) is 11.6 Å². The van der Waals surface area contributed by atoms with Crippen molar-refractivity contribution in [1.29, 1.82) is 0 Å². The SMILES string of the molecule is COC(=O)c1c(NC(=O)C(C)Sc2cccc(NC(=O)/C(=C\c3ccc(OC)cc3)NC(=O)c3ccccc3)c2)sc2c1CCCCC2. The van der Waals surface area contributed by atoms with Crippen LogP contribution >= 0.6 is 23.1 Å². The number of hydrogen-bond acceptors (Lipinski definition) is 8. The molecule has 3 amide bonds. The number of fused-ring (bicyclic) bond motifs is 1. The van der Waals surface area contributed by atoms with Crippen molar-refractivity contribution in [2.24, 2.45) is 0 Å². The maximum Gasteiger partial charge on any atom is 0.341 e. The zero-order valence-electron chi connectivity index (χ0n) is 27.0. The van der Waals surface area contributed by atoms with E-state index in [2.05, 4.69) is 16.0 Å². The summed E-state index contributed by atoms with van der Waals surface area (Å²) in [4.78, 5) is 54.5. The van der Waals surface area contributed by atoms with Crippen LogP contribution in [0.1, 0.15) is 62.9 Å². The summed E-state index contributed by atoms with van der Waals surface area (Å²) in [7, 11) is 2.93. The zero-order valence-corrected chi connectivity index (χ0v) is 28.6. The number of esters is 1. The van der Waals surface area contributed by atoms with E-state index in [0.717, 1.165) is 47.4 Å². The molecule has 1 atom stereocenters. The molecule has 248 valence electrons. The molecular formula is C37H37N3O6S2. The highest BCUT2D eigenvalue weighted by molar-refractivity contribution is 8.00. The van der Waals surface area contributed by atoms with Gasteiger partial charge in [-0.15, -0.1) is 23.1 Å². The highest BCUT2D eigenvalue weighted by atomic mass is 32.2. The summed E-state index contributed by atoms with van der Waals surface area (Å²) >= 11 is 2.78. The fourth-order valence-corrected chi connectivity index (χ4v) is 7.48. The van der Waals surface area contributed by atoms with Crippen LogP contribution in [-0.2, 0) is 27.2 Å². The minimum absolute atomic E-state index is 0.0515. The molecule has 0 spiro atoms. The first-order chi connectivity index (χ1) is 23.2. The van der Waals surface area contributed by atoms with E-state index in [4.69, 9.17) is 9.47 Å². The lowest BCUT2D eigenvalue weighted by molar-refractivity contribution is -0.115. The molecule has 5 rings (SSSR count). The first-order valence-corrected chi connectivity index (χ1v) is 17.3. The van der Waals surface area contributed by atoms with Crippen LogP contribution in [0.4, 0.5) is 10.7 Å². The van der Waals surface area contributed by atoms with Gasteiger partial charge in [-0.05, 0) is 92.3 Å². The van der Waals surface area contributed by atoms with Crippen LogP contribution in [0.5, 0.6) is 5.75 Å². The molecule has 1 aliphatic rings. The van der Waals surface area contributed by atoms with Gasteiger partial charge in [0, 0.05) is 21.0 Å². The summed E-state index contributed by atoms with van der Waals surface area (Å²) in [6, 6.07) is 22.9. The smallest absolute Gasteiger partial charge is 0.341 e. The molecule has 0 fully saturated rings. The van der Waals surface area contributed by atoms with Crippen molar-refractivity contribution >= 4 is 63.6 Å². The molecule has 9 nitrogen and oxygen atoms in total. The van der Waals surface area contributed by atoms with Gasteiger partial charge in [-0.25, -0.2) is 4.79 Å². The molecule has 48 heavy (non-hydrogen) atoms. The van der Waals surface area contributed by atoms with Gasteiger partial charge in [0.1, 0.15) is 16.4 Å². The molecule has 11 heteroatoms. The van der Waals surface area contributed by atoms with Crippen LogP contribution in [0.3, 0.4) is 0 Å². The molecule has 0 saturated carbocycles. The molecule has 1 heterocycles. The van der Waals surface area contributed by atoms with Crippen LogP contribution in [-0.4, -0.2) is 43.2 Å². The Kier molecular flexibility index (Phi) is 11.7. The number of nitrogens with one attached hydrogen (secondary N) is 3. The molecule has 1 aromatic heterocycles. The maximum atomic E-state index is 13.5. The lowest BCUT2D eigenvalue weighted by Gasteiger charge is -2.14.